The van der Waals surface area contributed by atoms with E-state index in [-0.39, 0.29) is 18.0 Å². The van der Waals surface area contributed by atoms with E-state index < -0.39 is 22.3 Å². The third-order valence-electron chi connectivity index (χ3n) is 5.14. The summed E-state index contributed by atoms with van der Waals surface area (Å²) in [6.45, 7) is 0.759. The van der Waals surface area contributed by atoms with Crippen LogP contribution in [0.5, 0.6) is 11.5 Å². The molecule has 1 aliphatic heterocycles. The average Bonchev–Trinajstić information content (AvgIpc) is 2.84. The van der Waals surface area contributed by atoms with E-state index >= 15 is 0 Å². The van der Waals surface area contributed by atoms with Crippen molar-refractivity contribution in [3.05, 3.63) is 89.4 Å². The smallest absolute Gasteiger partial charge is 0.313 e. The molecule has 1 heterocycles. The van der Waals surface area contributed by atoms with Crippen LogP contribution in [0.2, 0.25) is 5.02 Å². The van der Waals surface area contributed by atoms with Gasteiger partial charge in [0.05, 0.1) is 25.2 Å². The zero-order chi connectivity index (χ0) is 23.3. The number of methoxy groups -OCH3 is 1. The third kappa shape index (κ3) is 5.85. The molecule has 9 heteroatoms. The maximum atomic E-state index is 12.7. The summed E-state index contributed by atoms with van der Waals surface area (Å²) in [5.74, 6) is 0.980. The third-order valence-corrected chi connectivity index (χ3v) is 6.63. The summed E-state index contributed by atoms with van der Waals surface area (Å²) in [4.78, 5) is 0.0924. The van der Waals surface area contributed by atoms with Crippen LogP contribution < -0.4 is 9.47 Å². The van der Waals surface area contributed by atoms with Crippen molar-refractivity contribution in [1.82, 2.24) is 5.06 Å². The zero-order valence-corrected chi connectivity index (χ0v) is 19.5. The highest BCUT2D eigenvalue weighted by Gasteiger charge is 2.34. The van der Waals surface area contributed by atoms with Gasteiger partial charge in [0.2, 0.25) is 0 Å². The lowest BCUT2D eigenvalue weighted by atomic mass is 10.0. The second-order valence-electron chi connectivity index (χ2n) is 7.38. The number of ether oxygens (including phenoxy) is 3. The first-order valence-electron chi connectivity index (χ1n) is 10.4. The average molecular weight is 490 g/mol. The standard InChI is InChI=1S/C24H24ClNO6S/c1-29-22-16-19(25)12-13-21(22)31-24(18-8-4-2-5-9-18)23-17-26(14-15-30-23)32-33(27,28)20-10-6-3-7-11-20/h2-13,16,23-24H,14-15,17H2,1H3/t23-,24?/m0/s1. The van der Waals surface area contributed by atoms with E-state index in [9.17, 15) is 8.42 Å². The minimum Gasteiger partial charge on any atom is -0.493 e. The fourth-order valence-corrected chi connectivity index (χ4v) is 4.70. The summed E-state index contributed by atoms with van der Waals surface area (Å²) in [5, 5.41) is 1.92. The van der Waals surface area contributed by atoms with Crippen LogP contribution in [0.25, 0.3) is 0 Å². The molecular weight excluding hydrogens is 466 g/mol. The summed E-state index contributed by atoms with van der Waals surface area (Å²) in [6.07, 6.45) is -1.06. The number of nitrogens with zero attached hydrogens (tertiary/aromatic N) is 1. The van der Waals surface area contributed by atoms with Gasteiger partial charge in [0.15, 0.2) is 17.6 Å². The van der Waals surface area contributed by atoms with Crippen molar-refractivity contribution in [2.45, 2.75) is 17.1 Å². The van der Waals surface area contributed by atoms with Gasteiger partial charge in [-0.1, -0.05) is 60.1 Å². The Kier molecular flexibility index (Phi) is 7.52. The predicted molar refractivity (Wildman–Crippen MR) is 124 cm³/mol. The molecule has 0 radical (unpaired) electrons. The lowest BCUT2D eigenvalue weighted by Crippen LogP contribution is -2.46. The molecule has 4 rings (SSSR count). The van der Waals surface area contributed by atoms with Crippen molar-refractivity contribution in [1.29, 1.82) is 0 Å². The Hall–Kier alpha value is -2.62. The molecule has 2 atom stereocenters. The number of hydroxylamine groups is 2. The van der Waals surface area contributed by atoms with Gasteiger partial charge in [-0.05, 0) is 29.8 Å². The van der Waals surface area contributed by atoms with Gasteiger partial charge in [0.25, 0.3) is 0 Å². The van der Waals surface area contributed by atoms with Gasteiger partial charge in [-0.2, -0.15) is 17.8 Å². The summed E-state index contributed by atoms with van der Waals surface area (Å²) in [5.41, 5.74) is 0.868. The molecule has 3 aromatic carbocycles. The van der Waals surface area contributed by atoms with Crippen molar-refractivity contribution in [2.24, 2.45) is 0 Å². The van der Waals surface area contributed by atoms with Gasteiger partial charge in [0, 0.05) is 17.6 Å². The molecular formula is C24H24ClNO6S. The summed E-state index contributed by atoms with van der Waals surface area (Å²) >= 11 is 6.09. The Labute approximate surface area is 198 Å². The van der Waals surface area contributed by atoms with Crippen LogP contribution in [0.3, 0.4) is 0 Å². The number of halogens is 1. The lowest BCUT2D eigenvalue weighted by molar-refractivity contribution is -0.166. The summed E-state index contributed by atoms with van der Waals surface area (Å²) < 4.78 is 48.6. The highest BCUT2D eigenvalue weighted by molar-refractivity contribution is 7.86. The first-order valence-corrected chi connectivity index (χ1v) is 12.2. The molecule has 1 fully saturated rings. The Morgan fingerprint density at radius 1 is 1.00 bits per heavy atom. The van der Waals surface area contributed by atoms with E-state index in [1.807, 2.05) is 30.3 Å². The highest BCUT2D eigenvalue weighted by Crippen LogP contribution is 2.36. The zero-order valence-electron chi connectivity index (χ0n) is 18.0. The normalized spacial score (nSPS) is 17.9. The van der Waals surface area contributed by atoms with Crippen molar-refractivity contribution in [3.8, 4) is 11.5 Å². The molecule has 0 bridgehead atoms. The molecule has 0 saturated carbocycles. The first kappa shape index (κ1) is 23.5. The molecule has 3 aromatic rings. The van der Waals surface area contributed by atoms with Crippen LogP contribution >= 0.6 is 11.6 Å². The molecule has 174 valence electrons. The van der Waals surface area contributed by atoms with Crippen molar-refractivity contribution < 1.29 is 26.9 Å². The largest absolute Gasteiger partial charge is 0.493 e. The van der Waals surface area contributed by atoms with Crippen LogP contribution in [0.1, 0.15) is 11.7 Å². The summed E-state index contributed by atoms with van der Waals surface area (Å²) in [6, 6.07) is 22.7. The maximum Gasteiger partial charge on any atom is 0.313 e. The lowest BCUT2D eigenvalue weighted by Gasteiger charge is -2.36. The predicted octanol–water partition coefficient (Wildman–Crippen LogP) is 4.49. The number of benzene rings is 3. The van der Waals surface area contributed by atoms with E-state index in [2.05, 4.69) is 0 Å². The quantitative estimate of drug-likeness (QED) is 0.461. The van der Waals surface area contributed by atoms with Crippen molar-refractivity contribution in [2.75, 3.05) is 26.8 Å². The van der Waals surface area contributed by atoms with E-state index in [1.54, 1.807) is 36.4 Å². The molecule has 1 saturated heterocycles. The SMILES string of the molecule is COc1cc(Cl)ccc1OC(c1ccccc1)[C@@H]1CN(OS(=O)(=O)c2ccccc2)CCO1. The molecule has 0 aliphatic carbocycles. The van der Waals surface area contributed by atoms with Crippen LogP contribution in [0.15, 0.2) is 83.8 Å². The minimum absolute atomic E-state index is 0.0924. The van der Waals surface area contributed by atoms with E-state index in [0.29, 0.717) is 23.1 Å². The summed E-state index contributed by atoms with van der Waals surface area (Å²) in [7, 11) is -2.41. The molecule has 33 heavy (non-hydrogen) atoms. The molecule has 0 amide bonds. The first-order chi connectivity index (χ1) is 16.0. The van der Waals surface area contributed by atoms with Crippen molar-refractivity contribution in [3.63, 3.8) is 0 Å². The minimum atomic E-state index is -3.95. The second kappa shape index (κ2) is 10.5. The maximum absolute atomic E-state index is 12.7. The Morgan fingerprint density at radius 3 is 2.39 bits per heavy atom. The van der Waals surface area contributed by atoms with Crippen LogP contribution in [-0.2, 0) is 19.1 Å². The van der Waals surface area contributed by atoms with Gasteiger partial charge < -0.3 is 14.2 Å². The fourth-order valence-electron chi connectivity index (χ4n) is 3.55. The molecule has 0 spiro atoms. The fraction of sp³-hybridized carbons (Fsp3) is 0.250. The van der Waals surface area contributed by atoms with Crippen LogP contribution in [-0.4, -0.2) is 46.4 Å². The Bertz CT molecular complexity index is 1160. The second-order valence-corrected chi connectivity index (χ2v) is 9.35. The topological polar surface area (TPSA) is 74.3 Å². The Balaban J connectivity index is 1.57. The molecule has 0 aromatic heterocycles. The Morgan fingerprint density at radius 2 is 1.70 bits per heavy atom. The van der Waals surface area contributed by atoms with Gasteiger partial charge >= 0.3 is 10.1 Å². The number of hydrogen-bond acceptors (Lipinski definition) is 7. The van der Waals surface area contributed by atoms with Gasteiger partial charge in [-0.3, -0.25) is 0 Å². The number of morpholine rings is 1. The van der Waals surface area contributed by atoms with Gasteiger partial charge in [0.1, 0.15) is 6.10 Å². The molecule has 1 aliphatic rings. The van der Waals surface area contributed by atoms with Crippen LogP contribution in [0.4, 0.5) is 0 Å². The monoisotopic (exact) mass is 489 g/mol. The molecule has 0 N–H and O–H groups in total. The van der Waals surface area contributed by atoms with Gasteiger partial charge in [-0.15, -0.1) is 0 Å². The highest BCUT2D eigenvalue weighted by atomic mass is 35.5. The molecule has 1 unspecified atom stereocenters. The van der Waals surface area contributed by atoms with Crippen LogP contribution in [0, 0.1) is 0 Å². The van der Waals surface area contributed by atoms with Gasteiger partial charge in [-0.25, -0.2) is 0 Å². The van der Waals surface area contributed by atoms with E-state index in [0.717, 1.165) is 5.56 Å². The number of rotatable bonds is 8. The van der Waals surface area contributed by atoms with E-state index in [1.165, 1.54) is 24.3 Å². The number of hydrogen-bond donors (Lipinski definition) is 0. The van der Waals surface area contributed by atoms with Crippen molar-refractivity contribution >= 4 is 21.7 Å². The van der Waals surface area contributed by atoms with E-state index in [4.69, 9.17) is 30.1 Å². The molecule has 7 nitrogen and oxygen atoms in total.